The van der Waals surface area contributed by atoms with E-state index in [4.69, 9.17) is 4.74 Å². The second kappa shape index (κ2) is 8.30. The van der Waals surface area contributed by atoms with Crippen LogP contribution in [0.4, 0.5) is 0 Å². The van der Waals surface area contributed by atoms with Crippen molar-refractivity contribution in [3.8, 4) is 11.6 Å². The average molecular weight is 393 g/mol. The summed E-state index contributed by atoms with van der Waals surface area (Å²) in [5, 5.41) is 8.60. The van der Waals surface area contributed by atoms with Gasteiger partial charge in [-0.3, -0.25) is 9.59 Å². The van der Waals surface area contributed by atoms with E-state index in [0.717, 1.165) is 18.6 Å². The summed E-state index contributed by atoms with van der Waals surface area (Å²) in [5.74, 6) is 1.67. The minimum Gasteiger partial charge on any atom is -0.497 e. The number of methoxy groups -OCH3 is 1. The maximum Gasteiger partial charge on any atom is 0.266 e. The molecule has 1 amide bonds. The van der Waals surface area contributed by atoms with Gasteiger partial charge in [-0.1, -0.05) is 0 Å². The number of benzene rings is 1. The summed E-state index contributed by atoms with van der Waals surface area (Å²) in [6.07, 6.45) is 5.14. The largest absolute Gasteiger partial charge is 0.497 e. The molecule has 1 aliphatic heterocycles. The maximum atomic E-state index is 12.7. The zero-order valence-corrected chi connectivity index (χ0v) is 16.3. The monoisotopic (exact) mass is 393 g/mol. The van der Waals surface area contributed by atoms with E-state index >= 15 is 0 Å². The molecule has 0 bridgehead atoms. The summed E-state index contributed by atoms with van der Waals surface area (Å²) in [6, 6.07) is 12.2. The van der Waals surface area contributed by atoms with Gasteiger partial charge in [0.15, 0.2) is 5.82 Å². The Labute approximate surface area is 168 Å². The lowest BCUT2D eigenvalue weighted by molar-refractivity contribution is 0.0680. The summed E-state index contributed by atoms with van der Waals surface area (Å²) < 4.78 is 8.28. The summed E-state index contributed by atoms with van der Waals surface area (Å²) in [6.45, 7) is 1.88. The van der Waals surface area contributed by atoms with Gasteiger partial charge >= 0.3 is 0 Å². The molecule has 1 aliphatic rings. The van der Waals surface area contributed by atoms with E-state index in [1.807, 2.05) is 11.0 Å². The van der Waals surface area contributed by atoms with Crippen LogP contribution in [0.1, 0.15) is 23.2 Å². The fraction of sp³-hybridized carbons (Fsp3) is 0.333. The zero-order valence-electron chi connectivity index (χ0n) is 16.3. The third-order valence-electron chi connectivity index (χ3n) is 5.26. The lowest BCUT2D eigenvalue weighted by Gasteiger charge is -2.32. The highest BCUT2D eigenvalue weighted by molar-refractivity contribution is 5.94. The second-order valence-corrected chi connectivity index (χ2v) is 7.13. The van der Waals surface area contributed by atoms with Crippen LogP contribution in [0.2, 0.25) is 0 Å². The molecule has 0 aliphatic carbocycles. The normalized spacial score (nSPS) is 14.7. The number of hydrogen-bond donors (Lipinski definition) is 0. The molecular formula is C21H23N5O3. The molecule has 150 valence electrons. The van der Waals surface area contributed by atoms with E-state index in [1.165, 1.54) is 10.7 Å². The lowest BCUT2D eigenvalue weighted by Crippen LogP contribution is -2.40. The molecule has 1 fully saturated rings. The van der Waals surface area contributed by atoms with Gasteiger partial charge in [0.1, 0.15) is 5.75 Å². The van der Waals surface area contributed by atoms with Crippen molar-refractivity contribution in [2.24, 2.45) is 5.92 Å². The molecule has 8 heteroatoms. The first-order chi connectivity index (χ1) is 14.1. The number of ether oxygens (including phenoxy) is 1. The Kier molecular flexibility index (Phi) is 5.41. The molecule has 29 heavy (non-hydrogen) atoms. The Morgan fingerprint density at radius 2 is 1.90 bits per heavy atom. The molecule has 0 radical (unpaired) electrons. The number of aromatic nitrogens is 4. The molecule has 0 N–H and O–H groups in total. The molecule has 3 heterocycles. The molecule has 1 aromatic carbocycles. The van der Waals surface area contributed by atoms with Crippen LogP contribution in [0.25, 0.3) is 5.82 Å². The minimum absolute atomic E-state index is 0.0297. The maximum absolute atomic E-state index is 12.7. The van der Waals surface area contributed by atoms with Gasteiger partial charge in [0.2, 0.25) is 0 Å². The van der Waals surface area contributed by atoms with Crippen LogP contribution < -0.4 is 10.3 Å². The topological polar surface area (TPSA) is 82.2 Å². The van der Waals surface area contributed by atoms with Crippen molar-refractivity contribution in [1.82, 2.24) is 24.5 Å². The van der Waals surface area contributed by atoms with Crippen molar-refractivity contribution in [2.45, 2.75) is 19.4 Å². The average Bonchev–Trinajstić information content (AvgIpc) is 3.30. The molecule has 0 spiro atoms. The van der Waals surface area contributed by atoms with E-state index in [9.17, 15) is 9.59 Å². The number of carbonyl (C=O) groups excluding carboxylic acids is 1. The number of nitrogens with zero attached hydrogens (tertiary/aromatic N) is 5. The Balaban J connectivity index is 1.38. The quantitative estimate of drug-likeness (QED) is 0.662. The number of amides is 1. The fourth-order valence-corrected chi connectivity index (χ4v) is 3.57. The van der Waals surface area contributed by atoms with Crippen molar-refractivity contribution in [1.29, 1.82) is 0 Å². The van der Waals surface area contributed by atoms with E-state index in [0.29, 0.717) is 36.9 Å². The molecule has 4 rings (SSSR count). The van der Waals surface area contributed by atoms with Gasteiger partial charge in [-0.15, -0.1) is 5.10 Å². The molecule has 0 atom stereocenters. The van der Waals surface area contributed by atoms with Gasteiger partial charge in [-0.25, -0.2) is 9.36 Å². The van der Waals surface area contributed by atoms with E-state index < -0.39 is 0 Å². The number of piperidine rings is 1. The fourth-order valence-electron chi connectivity index (χ4n) is 3.57. The van der Waals surface area contributed by atoms with Crippen molar-refractivity contribution >= 4 is 5.91 Å². The Hall–Kier alpha value is -3.42. The standard InChI is InChI=1S/C21H23N5O3/c1-29-18-5-3-17(4-6-18)21(28)24-13-9-16(10-14-24)15-26-20(27)8-7-19(23-26)25-12-2-11-22-25/h2-8,11-12,16H,9-10,13-15H2,1H3. The van der Waals surface area contributed by atoms with Gasteiger partial charge in [-0.05, 0) is 55.2 Å². The SMILES string of the molecule is COc1ccc(C(=O)N2CCC(Cn3nc(-n4cccn4)ccc3=O)CC2)cc1. The third kappa shape index (κ3) is 4.21. The molecule has 2 aromatic heterocycles. The number of likely N-dealkylation sites (tertiary alicyclic amines) is 1. The highest BCUT2D eigenvalue weighted by atomic mass is 16.5. The predicted molar refractivity (Wildman–Crippen MR) is 107 cm³/mol. The summed E-state index contributed by atoms with van der Waals surface area (Å²) in [7, 11) is 1.60. The molecule has 0 saturated carbocycles. The smallest absolute Gasteiger partial charge is 0.266 e. The van der Waals surface area contributed by atoms with Crippen LogP contribution in [-0.4, -0.2) is 50.6 Å². The van der Waals surface area contributed by atoms with Crippen molar-refractivity contribution in [2.75, 3.05) is 20.2 Å². The Morgan fingerprint density at radius 1 is 1.14 bits per heavy atom. The van der Waals surface area contributed by atoms with Gasteiger partial charge < -0.3 is 9.64 Å². The van der Waals surface area contributed by atoms with Crippen LogP contribution in [0, 0.1) is 5.92 Å². The highest BCUT2D eigenvalue weighted by Gasteiger charge is 2.24. The van der Waals surface area contributed by atoms with Crippen LogP contribution in [0.15, 0.2) is 59.7 Å². The van der Waals surface area contributed by atoms with Crippen LogP contribution in [0.5, 0.6) is 5.75 Å². The second-order valence-electron chi connectivity index (χ2n) is 7.13. The molecule has 8 nitrogen and oxygen atoms in total. The Bertz CT molecular complexity index is 1020. The van der Waals surface area contributed by atoms with Crippen molar-refractivity contribution in [3.63, 3.8) is 0 Å². The summed E-state index contributed by atoms with van der Waals surface area (Å²) >= 11 is 0. The first-order valence-corrected chi connectivity index (χ1v) is 9.65. The van der Waals surface area contributed by atoms with Crippen LogP contribution >= 0.6 is 0 Å². The first kappa shape index (κ1) is 18.9. The summed E-state index contributed by atoms with van der Waals surface area (Å²) in [4.78, 5) is 26.8. The summed E-state index contributed by atoms with van der Waals surface area (Å²) in [5.41, 5.74) is 0.534. The van der Waals surface area contributed by atoms with Crippen molar-refractivity contribution in [3.05, 3.63) is 70.8 Å². The van der Waals surface area contributed by atoms with Crippen LogP contribution in [0.3, 0.4) is 0 Å². The molecule has 0 unspecified atom stereocenters. The number of carbonyl (C=O) groups is 1. The number of hydrogen-bond acceptors (Lipinski definition) is 5. The third-order valence-corrected chi connectivity index (χ3v) is 5.26. The molecular weight excluding hydrogens is 370 g/mol. The van der Waals surface area contributed by atoms with Gasteiger partial charge in [0, 0.05) is 43.7 Å². The predicted octanol–water partition coefficient (Wildman–Crippen LogP) is 1.99. The molecule has 1 saturated heterocycles. The van der Waals surface area contributed by atoms with Gasteiger partial charge in [-0.2, -0.15) is 5.10 Å². The first-order valence-electron chi connectivity index (χ1n) is 9.65. The van der Waals surface area contributed by atoms with E-state index in [-0.39, 0.29) is 11.5 Å². The Morgan fingerprint density at radius 3 is 2.55 bits per heavy atom. The lowest BCUT2D eigenvalue weighted by atomic mass is 9.96. The van der Waals surface area contributed by atoms with Gasteiger partial charge in [0.25, 0.3) is 11.5 Å². The van der Waals surface area contributed by atoms with E-state index in [1.54, 1.807) is 54.5 Å². The van der Waals surface area contributed by atoms with Crippen LogP contribution in [-0.2, 0) is 6.54 Å². The zero-order chi connectivity index (χ0) is 20.2. The molecule has 3 aromatic rings. The highest BCUT2D eigenvalue weighted by Crippen LogP contribution is 2.21. The van der Waals surface area contributed by atoms with Gasteiger partial charge in [0.05, 0.1) is 7.11 Å². The minimum atomic E-state index is -0.127. The van der Waals surface area contributed by atoms with Crippen molar-refractivity contribution < 1.29 is 9.53 Å². The number of rotatable bonds is 5. The van der Waals surface area contributed by atoms with E-state index in [2.05, 4.69) is 10.2 Å².